The molecule has 2 rings (SSSR count). The molecule has 1 saturated carbocycles. The van der Waals surface area contributed by atoms with Crippen molar-refractivity contribution >= 4 is 23.3 Å². The summed E-state index contributed by atoms with van der Waals surface area (Å²) in [6, 6.07) is 2.28. The highest BCUT2D eigenvalue weighted by atomic mass is 32.1. The summed E-state index contributed by atoms with van der Waals surface area (Å²) in [4.78, 5) is 24.0. The van der Waals surface area contributed by atoms with E-state index in [4.69, 9.17) is 0 Å². The van der Waals surface area contributed by atoms with Gasteiger partial charge in [-0.15, -0.1) is 11.3 Å². The van der Waals surface area contributed by atoms with E-state index in [9.17, 15) is 14.7 Å². The van der Waals surface area contributed by atoms with Gasteiger partial charge in [-0.25, -0.2) is 9.59 Å². The highest BCUT2D eigenvalue weighted by Gasteiger charge is 2.24. The minimum atomic E-state index is -1.04. The van der Waals surface area contributed by atoms with Crippen molar-refractivity contribution in [1.29, 1.82) is 0 Å². The number of carboxylic acid groups (broad SMARTS) is 1. The smallest absolute Gasteiger partial charge is 0.331 e. The lowest BCUT2D eigenvalue weighted by Crippen LogP contribution is -2.45. The predicted molar refractivity (Wildman–Crippen MR) is 82.4 cm³/mol. The Kier molecular flexibility index (Phi) is 5.61. The van der Waals surface area contributed by atoms with Crippen LogP contribution in [-0.2, 0) is 4.79 Å². The number of carboxylic acids is 1. The zero-order valence-corrected chi connectivity index (χ0v) is 13.0. The zero-order chi connectivity index (χ0) is 15.2. The molecule has 3 unspecified atom stereocenters. The number of carbonyl (C=O) groups excluding carboxylic acids is 1. The Morgan fingerprint density at radius 1 is 1.33 bits per heavy atom. The second-order valence-electron chi connectivity index (χ2n) is 5.71. The molecule has 0 spiro atoms. The van der Waals surface area contributed by atoms with Gasteiger partial charge in [-0.05, 0) is 36.6 Å². The first-order chi connectivity index (χ1) is 10.1. The maximum absolute atomic E-state index is 12.0. The van der Waals surface area contributed by atoms with Crippen LogP contribution < -0.4 is 10.6 Å². The number of rotatable bonds is 4. The SMILES string of the molecule is CC1CCCC(NC(=O)NC(C(=O)O)c2cccs2)CC1. The van der Waals surface area contributed by atoms with Gasteiger partial charge >= 0.3 is 12.0 Å². The zero-order valence-electron chi connectivity index (χ0n) is 12.2. The van der Waals surface area contributed by atoms with Gasteiger partial charge in [0.05, 0.1) is 0 Å². The van der Waals surface area contributed by atoms with Gasteiger partial charge < -0.3 is 15.7 Å². The van der Waals surface area contributed by atoms with Crippen LogP contribution in [0.1, 0.15) is 49.9 Å². The highest BCUT2D eigenvalue weighted by Crippen LogP contribution is 2.23. The Bertz CT molecular complexity index is 475. The molecule has 1 heterocycles. The molecule has 1 fully saturated rings. The van der Waals surface area contributed by atoms with Gasteiger partial charge in [0.25, 0.3) is 0 Å². The van der Waals surface area contributed by atoms with Gasteiger partial charge in [-0.1, -0.05) is 25.8 Å². The van der Waals surface area contributed by atoms with Gasteiger partial charge in [-0.3, -0.25) is 0 Å². The molecule has 1 aromatic rings. The topological polar surface area (TPSA) is 78.4 Å². The lowest BCUT2D eigenvalue weighted by Gasteiger charge is -2.19. The third kappa shape index (κ3) is 4.74. The highest BCUT2D eigenvalue weighted by molar-refractivity contribution is 7.10. The van der Waals surface area contributed by atoms with Crippen LogP contribution in [0.15, 0.2) is 17.5 Å². The summed E-state index contributed by atoms with van der Waals surface area (Å²) in [6.45, 7) is 2.24. The van der Waals surface area contributed by atoms with Crippen molar-refractivity contribution in [2.24, 2.45) is 5.92 Å². The molecule has 3 atom stereocenters. The summed E-state index contributed by atoms with van der Waals surface area (Å²) < 4.78 is 0. The monoisotopic (exact) mass is 310 g/mol. The van der Waals surface area contributed by atoms with E-state index < -0.39 is 18.0 Å². The fourth-order valence-electron chi connectivity index (χ4n) is 2.70. The minimum Gasteiger partial charge on any atom is -0.479 e. The standard InChI is InChI=1S/C15H22N2O3S/c1-10-4-2-5-11(8-7-10)16-15(20)17-13(14(18)19)12-6-3-9-21-12/h3,6,9-11,13H,2,4-5,7-8H2,1H3,(H,18,19)(H2,16,17,20). The Hall–Kier alpha value is -1.56. The number of carbonyl (C=O) groups is 2. The van der Waals surface area contributed by atoms with Crippen molar-refractivity contribution in [3.05, 3.63) is 22.4 Å². The van der Waals surface area contributed by atoms with E-state index in [0.717, 1.165) is 25.7 Å². The summed E-state index contributed by atoms with van der Waals surface area (Å²) in [6.07, 6.45) is 5.35. The molecule has 1 aliphatic carbocycles. The summed E-state index contributed by atoms with van der Waals surface area (Å²) in [5.74, 6) is -0.333. The van der Waals surface area contributed by atoms with Crippen LogP contribution in [0, 0.1) is 5.92 Å². The third-order valence-corrected chi connectivity index (χ3v) is 4.88. The molecule has 5 nitrogen and oxygen atoms in total. The summed E-state index contributed by atoms with van der Waals surface area (Å²) >= 11 is 1.33. The fourth-order valence-corrected chi connectivity index (χ4v) is 3.47. The van der Waals surface area contributed by atoms with Crippen molar-refractivity contribution in [2.45, 2.75) is 51.1 Å². The molecule has 0 bridgehead atoms. The number of urea groups is 1. The number of amides is 2. The molecule has 2 amide bonds. The third-order valence-electron chi connectivity index (χ3n) is 3.94. The van der Waals surface area contributed by atoms with Crippen LogP contribution in [-0.4, -0.2) is 23.1 Å². The molecule has 0 saturated heterocycles. The molecule has 0 aromatic carbocycles. The van der Waals surface area contributed by atoms with E-state index in [2.05, 4.69) is 17.6 Å². The lowest BCUT2D eigenvalue weighted by molar-refractivity contribution is -0.139. The van der Waals surface area contributed by atoms with E-state index in [1.165, 1.54) is 17.8 Å². The van der Waals surface area contributed by atoms with Gasteiger partial charge in [-0.2, -0.15) is 0 Å². The molecular weight excluding hydrogens is 288 g/mol. The normalized spacial score (nSPS) is 23.9. The molecule has 0 radical (unpaired) electrons. The van der Waals surface area contributed by atoms with E-state index >= 15 is 0 Å². The maximum Gasteiger partial charge on any atom is 0.331 e. The van der Waals surface area contributed by atoms with Crippen molar-refractivity contribution in [1.82, 2.24) is 10.6 Å². The van der Waals surface area contributed by atoms with E-state index in [1.54, 1.807) is 17.5 Å². The number of thiophene rings is 1. The Morgan fingerprint density at radius 2 is 2.14 bits per heavy atom. The van der Waals surface area contributed by atoms with Crippen molar-refractivity contribution < 1.29 is 14.7 Å². The lowest BCUT2D eigenvalue weighted by atomic mass is 10.0. The number of aliphatic carboxylic acids is 1. The largest absolute Gasteiger partial charge is 0.479 e. The van der Waals surface area contributed by atoms with Gasteiger partial charge in [0.2, 0.25) is 0 Å². The first-order valence-electron chi connectivity index (χ1n) is 7.39. The summed E-state index contributed by atoms with van der Waals surface area (Å²) in [5.41, 5.74) is 0. The maximum atomic E-state index is 12.0. The molecule has 116 valence electrons. The molecule has 6 heteroatoms. The number of hydrogen-bond donors (Lipinski definition) is 3. The van der Waals surface area contributed by atoms with E-state index in [0.29, 0.717) is 10.8 Å². The molecular formula is C15H22N2O3S. The number of hydrogen-bond acceptors (Lipinski definition) is 3. The van der Waals surface area contributed by atoms with Crippen molar-refractivity contribution in [3.8, 4) is 0 Å². The summed E-state index contributed by atoms with van der Waals surface area (Å²) in [7, 11) is 0. The van der Waals surface area contributed by atoms with Gasteiger partial charge in [0.1, 0.15) is 0 Å². The Labute approximate surface area is 128 Å². The molecule has 1 aliphatic rings. The minimum absolute atomic E-state index is 0.146. The van der Waals surface area contributed by atoms with Crippen LogP contribution in [0.3, 0.4) is 0 Å². The predicted octanol–water partition coefficient (Wildman–Crippen LogP) is 3.14. The molecule has 0 aliphatic heterocycles. The second-order valence-corrected chi connectivity index (χ2v) is 6.69. The summed E-state index contributed by atoms with van der Waals surface area (Å²) in [5, 5.41) is 16.5. The first kappa shape index (κ1) is 15.8. The van der Waals surface area contributed by atoms with Crippen LogP contribution in [0.5, 0.6) is 0 Å². The average molecular weight is 310 g/mol. The van der Waals surface area contributed by atoms with Crippen molar-refractivity contribution in [2.75, 3.05) is 0 Å². The van der Waals surface area contributed by atoms with Crippen molar-refractivity contribution in [3.63, 3.8) is 0 Å². The van der Waals surface area contributed by atoms with E-state index in [1.807, 2.05) is 0 Å². The second kappa shape index (κ2) is 7.45. The van der Waals surface area contributed by atoms with Gasteiger partial charge in [0, 0.05) is 10.9 Å². The van der Waals surface area contributed by atoms with E-state index in [-0.39, 0.29) is 6.04 Å². The van der Waals surface area contributed by atoms with Gasteiger partial charge in [0.15, 0.2) is 6.04 Å². The van der Waals surface area contributed by atoms with Crippen LogP contribution in [0.25, 0.3) is 0 Å². The first-order valence-corrected chi connectivity index (χ1v) is 8.27. The Balaban J connectivity index is 1.89. The average Bonchev–Trinajstić information content (AvgIpc) is 2.88. The number of nitrogens with one attached hydrogen (secondary N) is 2. The van der Waals surface area contributed by atoms with Crippen LogP contribution >= 0.6 is 11.3 Å². The van der Waals surface area contributed by atoms with Crippen LogP contribution in [0.2, 0.25) is 0 Å². The molecule has 1 aromatic heterocycles. The molecule has 21 heavy (non-hydrogen) atoms. The molecule has 3 N–H and O–H groups in total. The quantitative estimate of drug-likeness (QED) is 0.748. The Morgan fingerprint density at radius 3 is 2.81 bits per heavy atom. The fraction of sp³-hybridized carbons (Fsp3) is 0.600. The van der Waals surface area contributed by atoms with Crippen LogP contribution in [0.4, 0.5) is 4.79 Å².